The first-order valence-corrected chi connectivity index (χ1v) is 11.3. The minimum Gasteiger partial charge on any atom is -0.375 e. The number of alkyl halides is 14. The van der Waals surface area contributed by atoms with Gasteiger partial charge in [0.1, 0.15) is 5.72 Å². The van der Waals surface area contributed by atoms with E-state index in [1.165, 1.54) is 20.8 Å². The van der Waals surface area contributed by atoms with Gasteiger partial charge < -0.3 is 15.2 Å². The van der Waals surface area contributed by atoms with Gasteiger partial charge in [-0.1, -0.05) is 13.8 Å². The predicted octanol–water partition coefficient (Wildman–Crippen LogP) is 8.12. The third-order valence-corrected chi connectivity index (χ3v) is 6.43. The number of hydrogen-bond acceptors (Lipinski definition) is 3. The summed E-state index contributed by atoms with van der Waals surface area (Å²) in [5.41, 5.74) is -8.98. The molecule has 0 saturated heterocycles. The Morgan fingerprint density at radius 3 is 1.24 bits per heavy atom. The fraction of sp³-hybridized carbons (Fsp3) is 1.00. The Balaban J connectivity index is 6.07. The van der Waals surface area contributed by atoms with Gasteiger partial charge in [-0.3, -0.25) is 0 Å². The van der Waals surface area contributed by atoms with Crippen LogP contribution in [0.4, 0.5) is 61.5 Å². The van der Waals surface area contributed by atoms with E-state index in [1.807, 2.05) is 0 Å². The molecule has 230 valence electrons. The minimum atomic E-state index is -6.77. The van der Waals surface area contributed by atoms with Gasteiger partial charge in [0.05, 0.1) is 12.2 Å². The van der Waals surface area contributed by atoms with Gasteiger partial charge in [0, 0.05) is 19.4 Å². The van der Waals surface area contributed by atoms with Gasteiger partial charge in [-0.25, -0.2) is 8.78 Å². The lowest BCUT2D eigenvalue weighted by Crippen LogP contribution is -2.57. The fourth-order valence-corrected chi connectivity index (χ4v) is 3.28. The van der Waals surface area contributed by atoms with Crippen molar-refractivity contribution in [2.45, 2.75) is 114 Å². The molecule has 0 radical (unpaired) electrons. The molecule has 2 atom stereocenters. The summed E-state index contributed by atoms with van der Waals surface area (Å²) in [6, 6.07) is 0. The summed E-state index contributed by atoms with van der Waals surface area (Å²) in [7, 11) is 0. The summed E-state index contributed by atoms with van der Waals surface area (Å²) in [5, 5.41) is 0. The van der Waals surface area contributed by atoms with Crippen molar-refractivity contribution in [1.29, 1.82) is 0 Å². The molecule has 0 aliphatic rings. The lowest BCUT2D eigenvalue weighted by atomic mass is 9.81. The largest absolute Gasteiger partial charge is 0.431 e. The number of hydrogen-bond donors (Lipinski definition) is 1. The zero-order valence-electron chi connectivity index (χ0n) is 20.9. The molecule has 0 bridgehead atoms. The Hall–Kier alpha value is -1.10. The van der Waals surface area contributed by atoms with Gasteiger partial charge in [-0.2, -0.15) is 52.7 Å². The summed E-state index contributed by atoms with van der Waals surface area (Å²) >= 11 is 0. The van der Waals surface area contributed by atoms with Crippen molar-refractivity contribution in [3.05, 3.63) is 0 Å². The second-order valence-corrected chi connectivity index (χ2v) is 9.57. The highest BCUT2D eigenvalue weighted by Crippen LogP contribution is 2.54. The molecule has 0 aliphatic carbocycles. The van der Waals surface area contributed by atoms with E-state index in [4.69, 9.17) is 15.2 Å². The highest BCUT2D eigenvalue weighted by molar-refractivity contribution is 5.01. The van der Waals surface area contributed by atoms with Gasteiger partial charge in [0.2, 0.25) is 0 Å². The lowest BCUT2D eigenvalue weighted by Gasteiger charge is -2.37. The number of ether oxygens (including phenoxy) is 2. The van der Waals surface area contributed by atoms with Gasteiger partial charge >= 0.3 is 24.7 Å². The highest BCUT2D eigenvalue weighted by Gasteiger charge is 2.75. The maximum Gasteiger partial charge on any atom is 0.431 e. The molecule has 3 nitrogen and oxygen atoms in total. The zero-order valence-corrected chi connectivity index (χ0v) is 20.9. The van der Waals surface area contributed by atoms with Crippen molar-refractivity contribution in [2.75, 3.05) is 13.2 Å². The monoisotopic (exact) mass is 595 g/mol. The summed E-state index contributed by atoms with van der Waals surface area (Å²) in [4.78, 5) is 0. The van der Waals surface area contributed by atoms with Crippen LogP contribution in [-0.2, 0) is 9.47 Å². The molecule has 0 aliphatic heterocycles. The SMILES string of the molecule is CCC(C)(N)OCCC(C)(CC)OCCC(CC(F)(C(F)(F)F)C(F)(F)F)CC(F)(C(F)(F)F)C(F)(F)F. The van der Waals surface area contributed by atoms with E-state index >= 15 is 0 Å². The molecule has 2 N–H and O–H groups in total. The molecule has 38 heavy (non-hydrogen) atoms. The van der Waals surface area contributed by atoms with Crippen molar-refractivity contribution in [3.8, 4) is 0 Å². The highest BCUT2D eigenvalue weighted by atomic mass is 19.4. The first-order chi connectivity index (χ1) is 16.6. The van der Waals surface area contributed by atoms with Crippen molar-refractivity contribution in [2.24, 2.45) is 11.7 Å². The predicted molar refractivity (Wildman–Crippen MR) is 107 cm³/mol. The molecular weight excluding hydrogens is 564 g/mol. The number of nitrogens with two attached hydrogens (primary N) is 1. The Kier molecular flexibility index (Phi) is 11.8. The Bertz CT molecular complexity index is 661. The molecule has 0 amide bonds. The Morgan fingerprint density at radius 2 is 0.947 bits per heavy atom. The molecule has 2 unspecified atom stereocenters. The van der Waals surface area contributed by atoms with Crippen LogP contribution in [-0.4, -0.2) is 60.6 Å². The molecule has 0 aromatic carbocycles. The van der Waals surface area contributed by atoms with Crippen LogP contribution < -0.4 is 5.73 Å². The fourth-order valence-electron chi connectivity index (χ4n) is 3.28. The standard InChI is InChI=1S/C21H31F14NO2/c1-5-14(3,8-10-38-15(4,36)6-2)37-9-7-13(11-16(22,18(24,25)26)19(27,28)29)12-17(23,20(30,31)32)21(33,34)35/h13H,5-12,36H2,1-4H3. The molecule has 0 rings (SSSR count). The average molecular weight is 595 g/mol. The van der Waals surface area contributed by atoms with Crippen LogP contribution in [0, 0.1) is 5.92 Å². The molecular formula is C21H31F14NO2. The van der Waals surface area contributed by atoms with E-state index in [1.54, 1.807) is 6.92 Å². The third kappa shape index (κ3) is 9.24. The van der Waals surface area contributed by atoms with Crippen LogP contribution >= 0.6 is 0 Å². The average Bonchev–Trinajstić information content (AvgIpc) is 2.70. The number of rotatable bonds is 14. The molecule has 0 aromatic heterocycles. The first kappa shape index (κ1) is 36.9. The lowest BCUT2D eigenvalue weighted by molar-refractivity contribution is -0.357. The van der Waals surface area contributed by atoms with Crippen LogP contribution in [0.2, 0.25) is 0 Å². The van der Waals surface area contributed by atoms with E-state index in [2.05, 4.69) is 0 Å². The van der Waals surface area contributed by atoms with E-state index in [0.29, 0.717) is 6.42 Å². The second kappa shape index (κ2) is 12.2. The third-order valence-electron chi connectivity index (χ3n) is 6.43. The van der Waals surface area contributed by atoms with Crippen molar-refractivity contribution in [3.63, 3.8) is 0 Å². The summed E-state index contributed by atoms with van der Waals surface area (Å²) in [6.07, 6.45) is -33.9. The summed E-state index contributed by atoms with van der Waals surface area (Å²) < 4.78 is 195. The maximum absolute atomic E-state index is 14.3. The first-order valence-electron chi connectivity index (χ1n) is 11.3. The second-order valence-electron chi connectivity index (χ2n) is 9.57. The van der Waals surface area contributed by atoms with Crippen molar-refractivity contribution in [1.82, 2.24) is 0 Å². The van der Waals surface area contributed by atoms with E-state index < -0.39 is 79.2 Å². The molecule has 17 heteroatoms. The molecule has 0 heterocycles. The van der Waals surface area contributed by atoms with Crippen LogP contribution in [0.3, 0.4) is 0 Å². The molecule has 0 spiro atoms. The topological polar surface area (TPSA) is 44.5 Å². The van der Waals surface area contributed by atoms with E-state index in [9.17, 15) is 61.5 Å². The van der Waals surface area contributed by atoms with Gasteiger partial charge in [-0.15, -0.1) is 0 Å². The smallest absolute Gasteiger partial charge is 0.375 e. The van der Waals surface area contributed by atoms with Crippen LogP contribution in [0.25, 0.3) is 0 Å². The summed E-state index contributed by atoms with van der Waals surface area (Å²) in [6.45, 7) is 5.01. The number of halogens is 14. The zero-order chi connectivity index (χ0) is 30.6. The Morgan fingerprint density at radius 1 is 0.579 bits per heavy atom. The van der Waals surface area contributed by atoms with Crippen LogP contribution in [0.15, 0.2) is 0 Å². The normalized spacial score (nSPS) is 18.0. The van der Waals surface area contributed by atoms with Crippen molar-refractivity contribution < 1.29 is 70.9 Å². The van der Waals surface area contributed by atoms with E-state index in [0.717, 1.165) is 0 Å². The minimum absolute atomic E-state index is 0.00272. The van der Waals surface area contributed by atoms with Gasteiger partial charge in [-0.05, 0) is 45.4 Å². The Labute approximate surface area is 210 Å². The van der Waals surface area contributed by atoms with Gasteiger partial charge in [0.15, 0.2) is 0 Å². The van der Waals surface area contributed by atoms with Crippen LogP contribution in [0.5, 0.6) is 0 Å². The van der Waals surface area contributed by atoms with Crippen LogP contribution in [0.1, 0.15) is 66.2 Å². The van der Waals surface area contributed by atoms with E-state index in [-0.39, 0.29) is 19.4 Å². The van der Waals surface area contributed by atoms with Crippen molar-refractivity contribution >= 4 is 0 Å². The van der Waals surface area contributed by atoms with Gasteiger partial charge in [0.25, 0.3) is 11.3 Å². The molecule has 0 aromatic rings. The summed E-state index contributed by atoms with van der Waals surface area (Å²) in [5.74, 6) is -3.05. The molecule has 0 saturated carbocycles. The maximum atomic E-state index is 14.3. The molecule has 0 fully saturated rings. The quantitative estimate of drug-likeness (QED) is 0.163.